The maximum Gasteiger partial charge on any atom is 0.416 e. The molecule has 0 aromatic heterocycles. The van der Waals surface area contributed by atoms with E-state index in [4.69, 9.17) is 5.11 Å². The van der Waals surface area contributed by atoms with Crippen LogP contribution in [-0.4, -0.2) is 34.5 Å². The van der Waals surface area contributed by atoms with Gasteiger partial charge in [0.2, 0.25) is 5.91 Å². The molecule has 126 valence electrons. The van der Waals surface area contributed by atoms with Crippen LogP contribution in [0.15, 0.2) is 24.3 Å². The molecule has 1 N–H and O–H groups in total. The second kappa shape index (κ2) is 6.60. The number of carboxylic acids is 1. The number of alkyl halides is 3. The summed E-state index contributed by atoms with van der Waals surface area (Å²) in [7, 11) is 0. The number of hydrogen-bond donors (Lipinski definition) is 1. The number of nitrogens with zero attached hydrogens (tertiary/aromatic N) is 1. The van der Waals surface area contributed by atoms with E-state index in [2.05, 4.69) is 0 Å². The molecule has 23 heavy (non-hydrogen) atoms. The highest BCUT2D eigenvalue weighted by Crippen LogP contribution is 2.29. The van der Waals surface area contributed by atoms with Gasteiger partial charge in [-0.25, -0.2) is 4.79 Å². The molecule has 1 heterocycles. The standard InChI is InChI=1S/C16H18F3NO3/c1-10(14(21)20-8-2-3-13(20)15(22)23)9-11-4-6-12(7-5-11)16(17,18)19/h4-7,10,13H,2-3,8-9H2,1H3,(H,22,23)/t10-,13-/m0/s1. The van der Waals surface area contributed by atoms with Crippen LogP contribution in [0.2, 0.25) is 0 Å². The first kappa shape index (κ1) is 17.3. The maximum atomic E-state index is 12.5. The van der Waals surface area contributed by atoms with Crippen molar-refractivity contribution in [1.29, 1.82) is 0 Å². The average Bonchev–Trinajstić information content (AvgIpc) is 2.95. The van der Waals surface area contributed by atoms with Gasteiger partial charge < -0.3 is 10.0 Å². The Labute approximate surface area is 131 Å². The van der Waals surface area contributed by atoms with Gasteiger partial charge in [-0.15, -0.1) is 0 Å². The SMILES string of the molecule is C[C@@H](Cc1ccc(C(F)(F)F)cc1)C(=O)N1CCC[C@H]1C(=O)O. The van der Waals surface area contributed by atoms with Crippen molar-refractivity contribution in [2.45, 2.75) is 38.4 Å². The topological polar surface area (TPSA) is 57.6 Å². The van der Waals surface area contributed by atoms with Gasteiger partial charge in [-0.3, -0.25) is 4.79 Å². The Morgan fingerprint density at radius 3 is 2.43 bits per heavy atom. The van der Waals surface area contributed by atoms with Gasteiger partial charge in [-0.05, 0) is 37.0 Å². The summed E-state index contributed by atoms with van der Waals surface area (Å²) in [6, 6.07) is 3.89. The van der Waals surface area contributed by atoms with Crippen LogP contribution in [0.3, 0.4) is 0 Å². The zero-order chi connectivity index (χ0) is 17.2. The third-order valence-electron chi connectivity index (χ3n) is 4.07. The molecule has 0 radical (unpaired) electrons. The van der Waals surface area contributed by atoms with Gasteiger partial charge in [0.25, 0.3) is 0 Å². The number of hydrogen-bond acceptors (Lipinski definition) is 2. The Morgan fingerprint density at radius 2 is 1.91 bits per heavy atom. The fourth-order valence-corrected chi connectivity index (χ4v) is 2.84. The number of carbonyl (C=O) groups excluding carboxylic acids is 1. The van der Waals surface area contributed by atoms with E-state index in [0.717, 1.165) is 12.1 Å². The Kier molecular flexibility index (Phi) is 4.97. The van der Waals surface area contributed by atoms with Crippen LogP contribution in [0.1, 0.15) is 30.9 Å². The lowest BCUT2D eigenvalue weighted by molar-refractivity contribution is -0.149. The molecule has 1 amide bonds. The summed E-state index contributed by atoms with van der Waals surface area (Å²) in [6.07, 6.45) is -3.02. The number of rotatable bonds is 4. The predicted molar refractivity (Wildman–Crippen MR) is 76.7 cm³/mol. The van der Waals surface area contributed by atoms with Crippen molar-refractivity contribution in [2.75, 3.05) is 6.54 Å². The van der Waals surface area contributed by atoms with Gasteiger partial charge in [0.1, 0.15) is 6.04 Å². The molecule has 0 bridgehead atoms. The average molecular weight is 329 g/mol. The van der Waals surface area contributed by atoms with Crippen LogP contribution >= 0.6 is 0 Å². The number of benzene rings is 1. The molecule has 1 fully saturated rings. The molecular formula is C16H18F3NO3. The van der Waals surface area contributed by atoms with Crippen molar-refractivity contribution in [3.8, 4) is 0 Å². The zero-order valence-electron chi connectivity index (χ0n) is 12.6. The van der Waals surface area contributed by atoms with Crippen molar-refractivity contribution >= 4 is 11.9 Å². The van der Waals surface area contributed by atoms with Crippen LogP contribution in [0.4, 0.5) is 13.2 Å². The number of likely N-dealkylation sites (tertiary alicyclic amines) is 1. The van der Waals surface area contributed by atoms with Crippen molar-refractivity contribution < 1.29 is 27.9 Å². The molecule has 1 aromatic rings. The third kappa shape index (κ3) is 4.03. The highest BCUT2D eigenvalue weighted by atomic mass is 19.4. The molecular weight excluding hydrogens is 311 g/mol. The van der Waals surface area contributed by atoms with E-state index in [1.807, 2.05) is 0 Å². The highest BCUT2D eigenvalue weighted by Gasteiger charge is 2.36. The summed E-state index contributed by atoms with van der Waals surface area (Å²) < 4.78 is 37.6. The van der Waals surface area contributed by atoms with Crippen molar-refractivity contribution in [2.24, 2.45) is 5.92 Å². The minimum absolute atomic E-state index is 0.269. The van der Waals surface area contributed by atoms with Gasteiger partial charge in [0.15, 0.2) is 0 Å². The smallest absolute Gasteiger partial charge is 0.416 e. The summed E-state index contributed by atoms with van der Waals surface area (Å²) in [5.41, 5.74) is -0.115. The number of carboxylic acid groups (broad SMARTS) is 1. The number of amides is 1. The molecule has 2 atom stereocenters. The normalized spacial score (nSPS) is 19.7. The fourth-order valence-electron chi connectivity index (χ4n) is 2.84. The third-order valence-corrected chi connectivity index (χ3v) is 4.07. The number of halogens is 3. The Bertz CT molecular complexity index is 583. The largest absolute Gasteiger partial charge is 0.480 e. The minimum atomic E-state index is -4.38. The Morgan fingerprint density at radius 1 is 1.30 bits per heavy atom. The summed E-state index contributed by atoms with van der Waals surface area (Å²) in [5.74, 6) is -1.76. The number of carbonyl (C=O) groups is 2. The molecule has 2 rings (SSSR count). The monoisotopic (exact) mass is 329 g/mol. The molecule has 0 unspecified atom stereocenters. The van der Waals surface area contributed by atoms with Gasteiger partial charge in [-0.2, -0.15) is 13.2 Å². The van der Waals surface area contributed by atoms with Crippen LogP contribution in [0.25, 0.3) is 0 Å². The van der Waals surface area contributed by atoms with Gasteiger partial charge in [0.05, 0.1) is 5.56 Å². The second-order valence-electron chi connectivity index (χ2n) is 5.83. The van der Waals surface area contributed by atoms with E-state index in [0.29, 0.717) is 24.9 Å². The molecule has 1 aliphatic heterocycles. The van der Waals surface area contributed by atoms with Crippen molar-refractivity contribution in [1.82, 2.24) is 4.90 Å². The first-order chi connectivity index (χ1) is 10.7. The molecule has 7 heteroatoms. The Hall–Kier alpha value is -2.05. The van der Waals surface area contributed by atoms with Gasteiger partial charge in [-0.1, -0.05) is 19.1 Å². The summed E-state index contributed by atoms with van der Waals surface area (Å²) >= 11 is 0. The van der Waals surface area contributed by atoms with E-state index in [1.54, 1.807) is 6.92 Å². The van der Waals surface area contributed by atoms with Crippen LogP contribution < -0.4 is 0 Å². The number of aliphatic carboxylic acids is 1. The maximum absolute atomic E-state index is 12.5. The predicted octanol–water partition coefficient (Wildman–Crippen LogP) is 2.96. The van der Waals surface area contributed by atoms with Gasteiger partial charge >= 0.3 is 12.1 Å². The molecule has 4 nitrogen and oxygen atoms in total. The summed E-state index contributed by atoms with van der Waals surface area (Å²) in [5, 5.41) is 9.11. The lowest BCUT2D eigenvalue weighted by Crippen LogP contribution is -2.43. The van der Waals surface area contributed by atoms with E-state index in [-0.39, 0.29) is 12.3 Å². The van der Waals surface area contributed by atoms with E-state index in [9.17, 15) is 22.8 Å². The summed E-state index contributed by atoms with van der Waals surface area (Å²) in [6.45, 7) is 2.07. The zero-order valence-corrected chi connectivity index (χ0v) is 12.6. The van der Waals surface area contributed by atoms with Crippen molar-refractivity contribution in [3.05, 3.63) is 35.4 Å². The first-order valence-electron chi connectivity index (χ1n) is 7.39. The van der Waals surface area contributed by atoms with Crippen LogP contribution in [0.5, 0.6) is 0 Å². The fraction of sp³-hybridized carbons (Fsp3) is 0.500. The molecule has 0 spiro atoms. The molecule has 0 aliphatic carbocycles. The van der Waals surface area contributed by atoms with Crippen LogP contribution in [0, 0.1) is 5.92 Å². The molecule has 1 aromatic carbocycles. The van der Waals surface area contributed by atoms with Gasteiger partial charge in [0, 0.05) is 12.5 Å². The quantitative estimate of drug-likeness (QED) is 0.924. The summed E-state index contributed by atoms with van der Waals surface area (Å²) in [4.78, 5) is 24.9. The van der Waals surface area contributed by atoms with E-state index in [1.165, 1.54) is 17.0 Å². The minimum Gasteiger partial charge on any atom is -0.480 e. The second-order valence-corrected chi connectivity index (χ2v) is 5.83. The van der Waals surface area contributed by atoms with Crippen molar-refractivity contribution in [3.63, 3.8) is 0 Å². The first-order valence-corrected chi connectivity index (χ1v) is 7.39. The Balaban J connectivity index is 2.02. The van der Waals surface area contributed by atoms with E-state index < -0.39 is 29.7 Å². The lowest BCUT2D eigenvalue weighted by atomic mass is 9.98. The lowest BCUT2D eigenvalue weighted by Gasteiger charge is -2.25. The van der Waals surface area contributed by atoms with E-state index >= 15 is 0 Å². The molecule has 1 saturated heterocycles. The van der Waals surface area contributed by atoms with Crippen LogP contribution in [-0.2, 0) is 22.2 Å². The molecule has 1 aliphatic rings. The highest BCUT2D eigenvalue weighted by molar-refractivity contribution is 5.85. The molecule has 0 saturated carbocycles.